The maximum Gasteiger partial charge on any atom is 0.737 e. The number of ether oxygens (including phenoxy) is 2. The third-order valence-electron chi connectivity index (χ3n) is 11.6. The fourth-order valence-electron chi connectivity index (χ4n) is 7.95. The van der Waals surface area contributed by atoms with Gasteiger partial charge in [-0.2, -0.15) is 13.9 Å². The summed E-state index contributed by atoms with van der Waals surface area (Å²) < 4.78 is 55.2. The molecule has 1 unspecified atom stereocenters. The highest BCUT2D eigenvalue weighted by Gasteiger charge is 2.51. The Hall–Kier alpha value is -2.48. The molecule has 0 fully saturated rings. The molecule has 2 aliphatic rings. The van der Waals surface area contributed by atoms with Crippen molar-refractivity contribution >= 4 is 38.9 Å². The molecule has 0 amide bonds. The maximum atomic E-state index is 15.5. The molecule has 2 atom stereocenters. The normalized spacial score (nSPS) is 16.0. The SMILES string of the molecule is CCCCCCCCCCCCCCCC(=O)OC[C@H](CO[P+]([O-])(O)OCC[N+](C)(C)C)OC(=O)CCCCCCCCCCCC1=[N+]2C(=Cc3ccc(C)n3[B-]2(F)F)C=C1. The zero-order valence-electron chi connectivity index (χ0n) is 38.4. The van der Waals surface area contributed by atoms with Crippen molar-refractivity contribution in [1.29, 1.82) is 0 Å². The van der Waals surface area contributed by atoms with Crippen LogP contribution in [0.3, 0.4) is 0 Å². The summed E-state index contributed by atoms with van der Waals surface area (Å²) >= 11 is 0. The highest BCUT2D eigenvalue weighted by Crippen LogP contribution is 2.47. The van der Waals surface area contributed by atoms with E-state index in [0.717, 1.165) is 75.1 Å². The number of hydrogen-bond acceptors (Lipinski definition) is 8. The van der Waals surface area contributed by atoms with Gasteiger partial charge in [-0.3, -0.25) is 9.59 Å². The Kier molecular flexibility index (Phi) is 24.6. The fourth-order valence-corrected chi connectivity index (χ4v) is 8.69. The molecule has 0 aliphatic carbocycles. The van der Waals surface area contributed by atoms with E-state index in [9.17, 15) is 19.4 Å². The highest BCUT2D eigenvalue weighted by atomic mass is 31.2. The van der Waals surface area contributed by atoms with Crippen molar-refractivity contribution in [3.05, 3.63) is 41.4 Å². The van der Waals surface area contributed by atoms with Gasteiger partial charge in [0, 0.05) is 43.2 Å². The summed E-state index contributed by atoms with van der Waals surface area (Å²) in [5.41, 5.74) is 2.36. The van der Waals surface area contributed by atoms with E-state index in [1.54, 1.807) is 25.1 Å². The maximum absolute atomic E-state index is 15.5. The predicted molar refractivity (Wildman–Crippen MR) is 241 cm³/mol. The Labute approximate surface area is 367 Å². The van der Waals surface area contributed by atoms with Gasteiger partial charge in [0.1, 0.15) is 32.1 Å². The van der Waals surface area contributed by atoms with Crippen LogP contribution in [0.2, 0.25) is 0 Å². The van der Waals surface area contributed by atoms with Gasteiger partial charge in [0.05, 0.1) is 21.1 Å². The van der Waals surface area contributed by atoms with Gasteiger partial charge in [-0.25, -0.2) is 0 Å². The van der Waals surface area contributed by atoms with Crippen LogP contribution in [0.15, 0.2) is 30.0 Å². The van der Waals surface area contributed by atoms with Crippen LogP contribution in [-0.4, -0.2) is 96.6 Å². The molecular weight excluding hydrogens is 802 g/mol. The van der Waals surface area contributed by atoms with E-state index < -0.39 is 39.8 Å². The molecule has 0 spiro atoms. The van der Waals surface area contributed by atoms with E-state index in [-0.39, 0.29) is 26.1 Å². The quantitative estimate of drug-likeness (QED) is 0.0232. The molecule has 61 heavy (non-hydrogen) atoms. The molecule has 0 radical (unpaired) electrons. The summed E-state index contributed by atoms with van der Waals surface area (Å²) in [6.07, 6.45) is 29.7. The zero-order valence-corrected chi connectivity index (χ0v) is 39.3. The average Bonchev–Trinajstić information content (AvgIpc) is 3.79. The van der Waals surface area contributed by atoms with E-state index in [1.165, 1.54) is 68.7 Å². The molecule has 3 rings (SSSR count). The second-order valence-electron chi connectivity index (χ2n) is 18.2. The molecule has 0 aromatic carbocycles. The number of allylic oxidation sites excluding steroid dienone is 2. The Morgan fingerprint density at radius 2 is 1.30 bits per heavy atom. The van der Waals surface area contributed by atoms with Crippen LogP contribution in [0.1, 0.15) is 179 Å². The summed E-state index contributed by atoms with van der Waals surface area (Å²) in [7, 11) is 1.39. The molecule has 3 heterocycles. The average molecular weight is 883 g/mol. The Morgan fingerprint density at radius 3 is 1.85 bits per heavy atom. The van der Waals surface area contributed by atoms with Crippen LogP contribution in [0.4, 0.5) is 8.63 Å². The third-order valence-corrected chi connectivity index (χ3v) is 12.6. The van der Waals surface area contributed by atoms with E-state index in [1.807, 2.05) is 33.3 Å². The van der Waals surface area contributed by atoms with Crippen LogP contribution in [0.25, 0.3) is 6.08 Å². The van der Waals surface area contributed by atoms with Gasteiger partial charge in [-0.1, -0.05) is 129 Å². The smallest absolute Gasteiger partial charge is 0.606 e. The van der Waals surface area contributed by atoms with E-state index in [4.69, 9.17) is 18.5 Å². The Bertz CT molecular complexity index is 1540. The number of phosphoric ester groups is 1. The van der Waals surface area contributed by atoms with Gasteiger partial charge in [0.25, 0.3) is 0 Å². The number of fused-ring (bicyclic) bond motifs is 2. The van der Waals surface area contributed by atoms with Crippen molar-refractivity contribution in [2.45, 2.75) is 180 Å². The summed E-state index contributed by atoms with van der Waals surface area (Å²) in [5.74, 6) is -0.879. The first kappa shape index (κ1) is 52.9. The lowest BCUT2D eigenvalue weighted by atomic mass is 9.90. The van der Waals surface area contributed by atoms with E-state index in [0.29, 0.717) is 46.7 Å². The zero-order chi connectivity index (χ0) is 44.6. The number of carbonyl (C=O) groups is 2. The van der Waals surface area contributed by atoms with Gasteiger partial charge in [-0.15, -0.1) is 0 Å². The summed E-state index contributed by atoms with van der Waals surface area (Å²) in [6.45, 7) is -0.150. The molecule has 0 saturated heterocycles. The predicted octanol–water partition coefficient (Wildman–Crippen LogP) is 10.4. The van der Waals surface area contributed by atoms with E-state index in [2.05, 4.69) is 6.92 Å². The lowest BCUT2D eigenvalue weighted by Gasteiger charge is -2.30. The second kappa shape index (κ2) is 28.3. The number of likely N-dealkylation sites (N-methyl/N-ethyl adjacent to an activating group) is 1. The molecule has 348 valence electrons. The van der Waals surface area contributed by atoms with Crippen LogP contribution in [0.5, 0.6) is 0 Å². The first-order chi connectivity index (χ1) is 29.1. The second-order valence-corrected chi connectivity index (χ2v) is 19.7. The summed E-state index contributed by atoms with van der Waals surface area (Å²) in [4.78, 5) is 48.1. The lowest BCUT2D eigenvalue weighted by Crippen LogP contribution is -2.50. The van der Waals surface area contributed by atoms with Crippen LogP contribution in [0, 0.1) is 6.92 Å². The molecule has 0 bridgehead atoms. The number of halogens is 2. The number of rotatable bonds is 36. The van der Waals surface area contributed by atoms with Gasteiger partial charge >= 0.3 is 27.1 Å². The number of quaternary nitrogens is 1. The molecule has 15 heteroatoms. The van der Waals surface area contributed by atoms with E-state index >= 15 is 8.63 Å². The molecule has 1 aromatic heterocycles. The first-order valence-corrected chi connectivity index (χ1v) is 25.1. The Morgan fingerprint density at radius 1 is 0.770 bits per heavy atom. The topological polar surface area (TPSA) is 122 Å². The van der Waals surface area contributed by atoms with Crippen molar-refractivity contribution in [3.8, 4) is 0 Å². The summed E-state index contributed by atoms with van der Waals surface area (Å²) in [5, 5.41) is 0. The van der Waals surface area contributed by atoms with Gasteiger partial charge in [-0.05, 0) is 44.0 Å². The van der Waals surface area contributed by atoms with Crippen LogP contribution in [-0.2, 0) is 28.1 Å². The summed E-state index contributed by atoms with van der Waals surface area (Å²) in [6, 6.07) is 3.49. The monoisotopic (exact) mass is 883 g/mol. The minimum absolute atomic E-state index is 0.00507. The van der Waals surface area contributed by atoms with Crippen molar-refractivity contribution in [2.75, 3.05) is 47.5 Å². The van der Waals surface area contributed by atoms with Gasteiger partial charge in [0.15, 0.2) is 11.8 Å². The molecule has 1 aromatic rings. The number of nitrogens with zero attached hydrogens (tertiary/aromatic N) is 3. The fraction of sp³-hybridized carbons (Fsp3) is 0.761. The standard InChI is InChI=1S/C46H79BF2N3O8P/c1-6-7-8-9-10-11-12-13-14-17-20-23-26-29-45(53)57-38-44(39-59-61(55,56)58-36-35-52(3,4)5)60-46(54)30-27-24-21-18-15-16-19-22-25-28-41-33-34-43-37-42-32-31-40(2)50(42)47(48,49)51(41)43/h31-34,37,44H,6-30,35-36,38-39H2,1-5H3/p+1/t44-/m1/s1. The number of aromatic nitrogens is 1. The number of carbonyl (C=O) groups excluding carboxylic acids is 2. The number of phosphoric acid groups is 1. The molecule has 0 saturated carbocycles. The highest BCUT2D eigenvalue weighted by molar-refractivity contribution is 7.52. The molecule has 1 N–H and O–H groups in total. The third kappa shape index (κ3) is 21.2. The number of aryl methyl sites for hydroxylation is 1. The van der Waals surface area contributed by atoms with Crippen molar-refractivity contribution in [2.24, 2.45) is 0 Å². The van der Waals surface area contributed by atoms with Gasteiger partial charge in [0.2, 0.25) is 0 Å². The van der Waals surface area contributed by atoms with Gasteiger partial charge < -0.3 is 36.4 Å². The minimum atomic E-state index is -4.41. The van der Waals surface area contributed by atoms with Crippen molar-refractivity contribution in [3.63, 3.8) is 0 Å². The number of unbranched alkanes of at least 4 members (excludes halogenated alkanes) is 20. The lowest BCUT2D eigenvalue weighted by molar-refractivity contribution is -0.870. The van der Waals surface area contributed by atoms with Crippen molar-refractivity contribution < 1.29 is 55.5 Å². The molecule has 11 nitrogen and oxygen atoms in total. The molecule has 2 aliphatic heterocycles. The number of hydrogen-bond donors (Lipinski definition) is 1. The molecular formula is C46H80BF2N3O8P+. The van der Waals surface area contributed by atoms with Crippen LogP contribution < -0.4 is 4.89 Å². The van der Waals surface area contributed by atoms with Crippen LogP contribution >= 0.6 is 8.17 Å². The van der Waals surface area contributed by atoms with Crippen molar-refractivity contribution in [1.82, 2.24) is 4.48 Å². The number of esters is 2. The Balaban J connectivity index is 1.27. The minimum Gasteiger partial charge on any atom is -0.606 e. The largest absolute Gasteiger partial charge is 0.737 e. The first-order valence-electron chi connectivity index (χ1n) is 23.7.